The third kappa shape index (κ3) is 2.97. The molecule has 1 nitrogen and oxygen atoms in total. The minimum atomic E-state index is 0.257. The van der Waals surface area contributed by atoms with Gasteiger partial charge in [-0.1, -0.05) is 45.0 Å². The van der Waals surface area contributed by atoms with Gasteiger partial charge in [-0.25, -0.2) is 0 Å². The van der Waals surface area contributed by atoms with Gasteiger partial charge in [0.25, 0.3) is 0 Å². The van der Waals surface area contributed by atoms with Crippen LogP contribution in [-0.2, 0) is 10.8 Å². The van der Waals surface area contributed by atoms with Crippen LogP contribution in [-0.4, -0.2) is 24.0 Å². The third-order valence-corrected chi connectivity index (χ3v) is 6.13. The van der Waals surface area contributed by atoms with Gasteiger partial charge in [-0.15, -0.1) is 0 Å². The van der Waals surface area contributed by atoms with Gasteiger partial charge in [-0.3, -0.25) is 0 Å². The van der Waals surface area contributed by atoms with Crippen molar-refractivity contribution in [3.63, 3.8) is 0 Å². The molecular formula is C21H33N. The summed E-state index contributed by atoms with van der Waals surface area (Å²) in [5.74, 6) is 0.901. The Balaban J connectivity index is 1.77. The van der Waals surface area contributed by atoms with E-state index in [1.54, 1.807) is 5.56 Å². The molecule has 0 atom stereocenters. The van der Waals surface area contributed by atoms with Gasteiger partial charge < -0.3 is 4.90 Å². The van der Waals surface area contributed by atoms with Crippen molar-refractivity contribution in [2.75, 3.05) is 13.1 Å². The Labute approximate surface area is 137 Å². The molecule has 122 valence electrons. The fourth-order valence-corrected chi connectivity index (χ4v) is 4.33. The normalized spacial score (nSPS) is 23.0. The summed E-state index contributed by atoms with van der Waals surface area (Å²) in [6, 6.07) is 10.2. The van der Waals surface area contributed by atoms with Crippen LogP contribution >= 0.6 is 0 Å². The van der Waals surface area contributed by atoms with E-state index in [0.717, 1.165) is 5.92 Å². The molecule has 1 aliphatic heterocycles. The standard InChI is InChI=1S/C21H33N/c1-16(2)22-13-9-17(10-14-22)21(11-12-21)19-8-6-7-18(15-19)20(3,4)5/h6-8,15-17H,9-14H2,1-5H3. The lowest BCUT2D eigenvalue weighted by molar-refractivity contribution is 0.132. The SMILES string of the molecule is CC(C)N1CCC(C2(c3cccc(C(C)(C)C)c3)CC2)CC1. The summed E-state index contributed by atoms with van der Waals surface area (Å²) < 4.78 is 0. The van der Waals surface area contributed by atoms with Gasteiger partial charge in [0, 0.05) is 6.04 Å². The molecule has 1 aromatic rings. The number of hydrogen-bond acceptors (Lipinski definition) is 1. The van der Waals surface area contributed by atoms with Gasteiger partial charge in [0.1, 0.15) is 0 Å². The first-order valence-corrected chi connectivity index (χ1v) is 9.18. The predicted octanol–water partition coefficient (Wildman–Crippen LogP) is 5.14. The van der Waals surface area contributed by atoms with Crippen LogP contribution in [0.2, 0.25) is 0 Å². The van der Waals surface area contributed by atoms with Gasteiger partial charge in [-0.2, -0.15) is 0 Å². The van der Waals surface area contributed by atoms with Crippen LogP contribution in [0.1, 0.15) is 71.4 Å². The number of hydrogen-bond donors (Lipinski definition) is 0. The van der Waals surface area contributed by atoms with E-state index in [1.807, 2.05) is 0 Å². The van der Waals surface area contributed by atoms with Crippen LogP contribution in [0.15, 0.2) is 24.3 Å². The summed E-state index contributed by atoms with van der Waals surface area (Å²) in [7, 11) is 0. The van der Waals surface area contributed by atoms with Crippen LogP contribution in [0.25, 0.3) is 0 Å². The Kier molecular flexibility index (Phi) is 4.14. The quantitative estimate of drug-likeness (QED) is 0.747. The maximum Gasteiger partial charge on any atom is 0.00385 e. The topological polar surface area (TPSA) is 3.24 Å². The van der Waals surface area contributed by atoms with E-state index in [9.17, 15) is 0 Å². The minimum Gasteiger partial charge on any atom is -0.301 e. The van der Waals surface area contributed by atoms with E-state index in [1.165, 1.54) is 44.3 Å². The fraction of sp³-hybridized carbons (Fsp3) is 0.714. The number of benzene rings is 1. The highest BCUT2D eigenvalue weighted by atomic mass is 15.1. The molecule has 1 heterocycles. The molecule has 1 aliphatic carbocycles. The number of rotatable bonds is 3. The molecule has 0 radical (unpaired) electrons. The second-order valence-corrected chi connectivity index (χ2v) is 8.89. The number of nitrogens with zero attached hydrogens (tertiary/aromatic N) is 1. The maximum atomic E-state index is 2.65. The van der Waals surface area contributed by atoms with Crippen molar-refractivity contribution < 1.29 is 0 Å². The zero-order valence-electron chi connectivity index (χ0n) is 15.2. The molecule has 0 unspecified atom stereocenters. The average molecular weight is 300 g/mol. The van der Waals surface area contributed by atoms with E-state index in [2.05, 4.69) is 63.8 Å². The Morgan fingerprint density at radius 1 is 1.09 bits per heavy atom. The van der Waals surface area contributed by atoms with E-state index in [-0.39, 0.29) is 5.41 Å². The second-order valence-electron chi connectivity index (χ2n) is 8.89. The van der Waals surface area contributed by atoms with Crippen LogP contribution in [0.5, 0.6) is 0 Å². The Morgan fingerprint density at radius 3 is 2.23 bits per heavy atom. The van der Waals surface area contributed by atoms with E-state index in [0.29, 0.717) is 11.5 Å². The zero-order chi connectivity index (χ0) is 16.0. The summed E-state index contributed by atoms with van der Waals surface area (Å²) in [5, 5.41) is 0. The van der Waals surface area contributed by atoms with Crippen molar-refractivity contribution in [1.82, 2.24) is 4.90 Å². The lowest BCUT2D eigenvalue weighted by Crippen LogP contribution is -2.41. The Bertz CT molecular complexity index is 511. The van der Waals surface area contributed by atoms with Crippen LogP contribution in [0.4, 0.5) is 0 Å². The molecule has 0 spiro atoms. The molecule has 2 aliphatic rings. The van der Waals surface area contributed by atoms with Gasteiger partial charge in [-0.05, 0) is 80.5 Å². The van der Waals surface area contributed by atoms with Crippen LogP contribution in [0.3, 0.4) is 0 Å². The van der Waals surface area contributed by atoms with Crippen molar-refractivity contribution in [2.24, 2.45) is 5.92 Å². The van der Waals surface area contributed by atoms with Crippen LogP contribution < -0.4 is 0 Å². The van der Waals surface area contributed by atoms with Gasteiger partial charge in [0.15, 0.2) is 0 Å². The average Bonchev–Trinajstić information content (AvgIpc) is 3.28. The molecule has 22 heavy (non-hydrogen) atoms. The second kappa shape index (κ2) is 5.67. The molecule has 0 aromatic heterocycles. The van der Waals surface area contributed by atoms with Crippen molar-refractivity contribution in [1.29, 1.82) is 0 Å². The molecule has 3 rings (SSSR count). The predicted molar refractivity (Wildman–Crippen MR) is 95.5 cm³/mol. The van der Waals surface area contributed by atoms with E-state index >= 15 is 0 Å². The maximum absolute atomic E-state index is 2.65. The first kappa shape index (κ1) is 16.1. The number of piperidine rings is 1. The summed E-state index contributed by atoms with van der Waals surface area (Å²) >= 11 is 0. The molecule has 1 aromatic carbocycles. The van der Waals surface area contributed by atoms with Gasteiger partial charge in [0.2, 0.25) is 0 Å². The highest BCUT2D eigenvalue weighted by Gasteiger charge is 2.51. The minimum absolute atomic E-state index is 0.257. The van der Waals surface area contributed by atoms with Gasteiger partial charge in [0.05, 0.1) is 0 Å². The van der Waals surface area contributed by atoms with Crippen LogP contribution in [0, 0.1) is 5.92 Å². The highest BCUT2D eigenvalue weighted by molar-refractivity contribution is 5.38. The van der Waals surface area contributed by atoms with E-state index in [4.69, 9.17) is 0 Å². The first-order chi connectivity index (χ1) is 10.3. The van der Waals surface area contributed by atoms with Gasteiger partial charge >= 0.3 is 0 Å². The Morgan fingerprint density at radius 2 is 1.73 bits per heavy atom. The molecule has 0 N–H and O–H groups in total. The van der Waals surface area contributed by atoms with E-state index < -0.39 is 0 Å². The summed E-state index contributed by atoms with van der Waals surface area (Å²) in [5.41, 5.74) is 3.90. The molecule has 1 heteroatoms. The summed E-state index contributed by atoms with van der Waals surface area (Å²) in [6.45, 7) is 14.2. The van der Waals surface area contributed by atoms with Crippen molar-refractivity contribution >= 4 is 0 Å². The fourth-order valence-electron chi connectivity index (χ4n) is 4.33. The molecule has 1 saturated heterocycles. The smallest absolute Gasteiger partial charge is 0.00385 e. The molecule has 1 saturated carbocycles. The molecule has 0 amide bonds. The first-order valence-electron chi connectivity index (χ1n) is 9.18. The number of likely N-dealkylation sites (tertiary alicyclic amines) is 1. The monoisotopic (exact) mass is 299 g/mol. The molecule has 0 bridgehead atoms. The highest BCUT2D eigenvalue weighted by Crippen LogP contribution is 2.57. The lowest BCUT2D eigenvalue weighted by Gasteiger charge is -2.39. The molecule has 2 fully saturated rings. The summed E-state index contributed by atoms with van der Waals surface area (Å²) in [6.07, 6.45) is 5.59. The van der Waals surface area contributed by atoms with Crippen molar-refractivity contribution in [3.05, 3.63) is 35.4 Å². The zero-order valence-corrected chi connectivity index (χ0v) is 15.2. The van der Waals surface area contributed by atoms with Crippen molar-refractivity contribution in [3.8, 4) is 0 Å². The third-order valence-electron chi connectivity index (χ3n) is 6.13. The largest absolute Gasteiger partial charge is 0.301 e. The van der Waals surface area contributed by atoms with Crippen molar-refractivity contribution in [2.45, 2.75) is 77.2 Å². The Hall–Kier alpha value is -0.820. The summed E-state index contributed by atoms with van der Waals surface area (Å²) in [4.78, 5) is 2.65. The molecular weight excluding hydrogens is 266 g/mol. The lowest BCUT2D eigenvalue weighted by atomic mass is 9.75.